The molecule has 2 heterocycles. The summed E-state index contributed by atoms with van der Waals surface area (Å²) in [5.74, 6) is -0.967. The summed E-state index contributed by atoms with van der Waals surface area (Å²) in [6.45, 7) is 3.56. The number of pyridine rings is 1. The van der Waals surface area contributed by atoms with Crippen molar-refractivity contribution in [1.82, 2.24) is 4.98 Å². The highest BCUT2D eigenvalue weighted by Gasteiger charge is 2.37. The summed E-state index contributed by atoms with van der Waals surface area (Å²) in [6.07, 6.45) is 0. The number of nitrogens with zero attached hydrogens (tertiary/aromatic N) is 2. The number of allylic oxidation sites excluding steroid dienone is 2. The summed E-state index contributed by atoms with van der Waals surface area (Å²) in [6, 6.07) is 13.4. The molecule has 1 aliphatic heterocycles. The largest absolute Gasteiger partial charge is 0.463 e. The summed E-state index contributed by atoms with van der Waals surface area (Å²) in [5.41, 5.74) is 7.58. The fourth-order valence-corrected chi connectivity index (χ4v) is 2.89. The number of nitriles is 1. The van der Waals surface area contributed by atoms with Crippen molar-refractivity contribution in [2.75, 3.05) is 6.61 Å². The monoisotopic (exact) mass is 335 g/mol. The van der Waals surface area contributed by atoms with Gasteiger partial charge in [0.1, 0.15) is 17.4 Å². The molecular weight excluding hydrogens is 318 g/mol. The molecule has 6 nitrogen and oxygen atoms in total. The number of esters is 1. The fraction of sp³-hybridized carbons (Fsp3) is 0.211. The number of para-hydroxylation sites is 1. The van der Waals surface area contributed by atoms with Gasteiger partial charge in [-0.15, -0.1) is 0 Å². The number of fused-ring (bicyclic) bond motifs is 1. The first-order chi connectivity index (χ1) is 12.1. The number of hydrogen-bond acceptors (Lipinski definition) is 6. The Morgan fingerprint density at radius 1 is 1.36 bits per heavy atom. The molecule has 1 atom stereocenters. The normalized spacial score (nSPS) is 17.2. The van der Waals surface area contributed by atoms with E-state index < -0.39 is 11.9 Å². The second-order valence-electron chi connectivity index (χ2n) is 5.54. The van der Waals surface area contributed by atoms with Gasteiger partial charge >= 0.3 is 5.97 Å². The number of rotatable bonds is 3. The predicted octanol–water partition coefficient (Wildman–Crippen LogP) is 2.88. The lowest BCUT2D eigenvalue weighted by Crippen LogP contribution is -2.26. The first-order valence-corrected chi connectivity index (χ1v) is 7.88. The Bertz CT molecular complexity index is 954. The van der Waals surface area contributed by atoms with Gasteiger partial charge in [0.05, 0.1) is 29.3 Å². The van der Waals surface area contributed by atoms with Crippen LogP contribution in [-0.2, 0) is 14.3 Å². The van der Waals surface area contributed by atoms with Gasteiger partial charge in [0.2, 0.25) is 5.88 Å². The number of hydrogen-bond donors (Lipinski definition) is 1. The van der Waals surface area contributed by atoms with E-state index in [1.807, 2.05) is 36.4 Å². The fourth-order valence-electron chi connectivity index (χ4n) is 2.89. The van der Waals surface area contributed by atoms with E-state index in [-0.39, 0.29) is 23.6 Å². The molecule has 0 amide bonds. The Morgan fingerprint density at radius 2 is 2.12 bits per heavy atom. The molecule has 0 radical (unpaired) electrons. The van der Waals surface area contributed by atoms with Crippen LogP contribution < -0.4 is 5.73 Å². The molecule has 3 rings (SSSR count). The van der Waals surface area contributed by atoms with Crippen LogP contribution in [0.4, 0.5) is 0 Å². The number of benzene rings is 1. The van der Waals surface area contributed by atoms with Crippen molar-refractivity contribution in [3.05, 3.63) is 64.9 Å². The average Bonchev–Trinajstić information content (AvgIpc) is 2.60. The molecular formula is C19H17N3O3. The summed E-state index contributed by atoms with van der Waals surface area (Å²) in [5, 5.41) is 10.5. The molecule has 126 valence electrons. The minimum Gasteiger partial charge on any atom is -0.463 e. The van der Waals surface area contributed by atoms with Crippen molar-refractivity contribution in [1.29, 1.82) is 5.26 Å². The zero-order chi connectivity index (χ0) is 18.0. The van der Waals surface area contributed by atoms with Crippen molar-refractivity contribution in [3.63, 3.8) is 0 Å². The molecule has 25 heavy (non-hydrogen) atoms. The predicted molar refractivity (Wildman–Crippen MR) is 91.7 cm³/mol. The van der Waals surface area contributed by atoms with E-state index in [0.717, 1.165) is 10.9 Å². The van der Waals surface area contributed by atoms with Gasteiger partial charge in [-0.1, -0.05) is 24.3 Å². The molecule has 0 fully saturated rings. The molecule has 1 aliphatic rings. The van der Waals surface area contributed by atoms with E-state index in [1.54, 1.807) is 19.9 Å². The number of carbonyl (C=O) groups is 1. The molecule has 6 heteroatoms. The molecule has 0 spiro atoms. The van der Waals surface area contributed by atoms with Crippen LogP contribution in [0.15, 0.2) is 59.2 Å². The number of ether oxygens (including phenoxy) is 2. The van der Waals surface area contributed by atoms with Gasteiger partial charge in [-0.05, 0) is 26.0 Å². The molecule has 0 saturated carbocycles. The lowest BCUT2D eigenvalue weighted by molar-refractivity contribution is -0.139. The Morgan fingerprint density at radius 3 is 2.84 bits per heavy atom. The van der Waals surface area contributed by atoms with Gasteiger partial charge in [0.25, 0.3) is 0 Å². The van der Waals surface area contributed by atoms with E-state index >= 15 is 0 Å². The minimum absolute atomic E-state index is 0.0204. The van der Waals surface area contributed by atoms with Crippen molar-refractivity contribution >= 4 is 16.9 Å². The molecule has 2 N–H and O–H groups in total. The quantitative estimate of drug-likeness (QED) is 0.866. The standard InChI is InChI=1S/C19H17N3O3/c1-3-24-19(23)16-11(2)25-18(21)13(10-20)17(16)15-9-8-12-6-4-5-7-14(12)22-15/h4-9,17H,3,21H2,1-2H3. The van der Waals surface area contributed by atoms with Crippen LogP contribution in [0, 0.1) is 11.3 Å². The summed E-state index contributed by atoms with van der Waals surface area (Å²) in [7, 11) is 0. The first-order valence-electron chi connectivity index (χ1n) is 7.88. The molecule has 2 aromatic rings. The molecule has 0 saturated heterocycles. The van der Waals surface area contributed by atoms with Crippen molar-refractivity contribution < 1.29 is 14.3 Å². The van der Waals surface area contributed by atoms with Gasteiger partial charge < -0.3 is 15.2 Å². The van der Waals surface area contributed by atoms with Gasteiger partial charge in [-0.25, -0.2) is 4.79 Å². The lowest BCUT2D eigenvalue weighted by Gasteiger charge is -2.26. The third-order valence-corrected chi connectivity index (χ3v) is 4.02. The number of nitrogens with two attached hydrogens (primary N) is 1. The van der Waals surface area contributed by atoms with E-state index in [0.29, 0.717) is 11.5 Å². The molecule has 0 bridgehead atoms. The highest BCUT2D eigenvalue weighted by atomic mass is 16.5. The highest BCUT2D eigenvalue weighted by molar-refractivity contribution is 5.92. The van der Waals surface area contributed by atoms with Crippen LogP contribution in [-0.4, -0.2) is 17.6 Å². The van der Waals surface area contributed by atoms with E-state index in [1.165, 1.54) is 0 Å². The maximum atomic E-state index is 12.5. The average molecular weight is 335 g/mol. The maximum absolute atomic E-state index is 12.5. The number of carbonyl (C=O) groups excluding carboxylic acids is 1. The Hall–Kier alpha value is -3.33. The van der Waals surface area contributed by atoms with E-state index in [2.05, 4.69) is 4.98 Å². The van der Waals surface area contributed by atoms with E-state index in [9.17, 15) is 10.1 Å². The second-order valence-corrected chi connectivity index (χ2v) is 5.54. The second kappa shape index (κ2) is 6.65. The highest BCUT2D eigenvalue weighted by Crippen LogP contribution is 2.39. The Labute approximate surface area is 145 Å². The van der Waals surface area contributed by atoms with Crippen molar-refractivity contribution in [2.24, 2.45) is 5.73 Å². The van der Waals surface area contributed by atoms with E-state index in [4.69, 9.17) is 15.2 Å². The van der Waals surface area contributed by atoms with Crippen molar-refractivity contribution in [3.8, 4) is 6.07 Å². The summed E-state index contributed by atoms with van der Waals surface area (Å²) >= 11 is 0. The molecule has 1 aromatic heterocycles. The van der Waals surface area contributed by atoms with Gasteiger partial charge in [-0.2, -0.15) is 5.26 Å². The SMILES string of the molecule is CCOC(=O)C1=C(C)OC(N)=C(C#N)C1c1ccc2ccccc2n1. The van der Waals surface area contributed by atoms with Crippen LogP contribution >= 0.6 is 0 Å². The third kappa shape index (κ3) is 2.92. The van der Waals surface area contributed by atoms with Crippen LogP contribution in [0.1, 0.15) is 25.5 Å². The molecule has 1 unspecified atom stereocenters. The van der Waals surface area contributed by atoms with Crippen molar-refractivity contribution in [2.45, 2.75) is 19.8 Å². The first kappa shape index (κ1) is 16.5. The van der Waals surface area contributed by atoms with Gasteiger partial charge in [0, 0.05) is 5.39 Å². The molecule has 0 aliphatic carbocycles. The third-order valence-electron chi connectivity index (χ3n) is 4.02. The minimum atomic E-state index is -0.720. The van der Waals surface area contributed by atoms with Crippen LogP contribution in [0.5, 0.6) is 0 Å². The smallest absolute Gasteiger partial charge is 0.338 e. The summed E-state index contributed by atoms with van der Waals surface area (Å²) in [4.78, 5) is 17.1. The number of aromatic nitrogens is 1. The van der Waals surface area contributed by atoms with Crippen LogP contribution in [0.3, 0.4) is 0 Å². The van der Waals surface area contributed by atoms with Crippen LogP contribution in [0.25, 0.3) is 10.9 Å². The zero-order valence-electron chi connectivity index (χ0n) is 13.9. The van der Waals surface area contributed by atoms with Gasteiger partial charge in [-0.3, -0.25) is 4.98 Å². The Balaban J connectivity index is 2.19. The lowest BCUT2D eigenvalue weighted by atomic mass is 9.85. The van der Waals surface area contributed by atoms with Crippen LogP contribution in [0.2, 0.25) is 0 Å². The topological polar surface area (TPSA) is 98.2 Å². The zero-order valence-corrected chi connectivity index (χ0v) is 13.9. The summed E-state index contributed by atoms with van der Waals surface area (Å²) < 4.78 is 10.5. The Kier molecular flexibility index (Phi) is 4.40. The van der Waals surface area contributed by atoms with Gasteiger partial charge in [0.15, 0.2) is 0 Å². The molecule has 1 aromatic carbocycles. The maximum Gasteiger partial charge on any atom is 0.338 e.